The molecule has 2 heteroatoms. The van der Waals surface area contributed by atoms with Crippen LogP contribution in [0, 0.1) is 19.3 Å². The second-order valence-electron chi connectivity index (χ2n) is 5.99. The summed E-state index contributed by atoms with van der Waals surface area (Å²) in [6, 6.07) is 6.64. The fourth-order valence-electron chi connectivity index (χ4n) is 2.16. The highest BCUT2D eigenvalue weighted by Crippen LogP contribution is 2.21. The van der Waals surface area contributed by atoms with Crippen LogP contribution in [0.25, 0.3) is 0 Å². The van der Waals surface area contributed by atoms with Gasteiger partial charge in [0, 0.05) is 19.0 Å². The zero-order chi connectivity index (χ0) is 13.6. The van der Waals surface area contributed by atoms with E-state index in [2.05, 4.69) is 51.2 Å². The van der Waals surface area contributed by atoms with Gasteiger partial charge in [-0.1, -0.05) is 37.6 Å². The molecule has 0 unspecified atom stereocenters. The third-order valence-electron chi connectivity index (χ3n) is 3.41. The number of alkyl halides is 1. The van der Waals surface area contributed by atoms with E-state index < -0.39 is 0 Å². The fourth-order valence-corrected chi connectivity index (χ4v) is 2.29. The lowest BCUT2D eigenvalue weighted by atomic mass is 9.88. The van der Waals surface area contributed by atoms with Gasteiger partial charge in [-0.15, -0.1) is 11.6 Å². The van der Waals surface area contributed by atoms with Gasteiger partial charge in [0.15, 0.2) is 0 Å². The summed E-state index contributed by atoms with van der Waals surface area (Å²) in [5.74, 6) is 0.764. The monoisotopic (exact) mass is 267 g/mol. The molecule has 0 aliphatic rings. The quantitative estimate of drug-likeness (QED) is 0.721. The summed E-state index contributed by atoms with van der Waals surface area (Å²) in [5.41, 5.74) is 4.43. The molecule has 0 saturated carbocycles. The number of nitrogens with one attached hydrogen (secondary N) is 1. The van der Waals surface area contributed by atoms with Gasteiger partial charge in [-0.05, 0) is 43.2 Å². The van der Waals surface area contributed by atoms with Gasteiger partial charge in [0.1, 0.15) is 0 Å². The minimum Gasteiger partial charge on any atom is -0.312 e. The lowest BCUT2D eigenvalue weighted by molar-refractivity contribution is 0.311. The van der Waals surface area contributed by atoms with Crippen LogP contribution in [-0.2, 0) is 6.54 Å². The largest absolute Gasteiger partial charge is 0.312 e. The van der Waals surface area contributed by atoms with Crippen molar-refractivity contribution < 1.29 is 0 Å². The Labute approximate surface area is 117 Å². The van der Waals surface area contributed by atoms with Gasteiger partial charge in [-0.25, -0.2) is 0 Å². The first-order valence-electron chi connectivity index (χ1n) is 6.77. The molecule has 0 radical (unpaired) electrons. The van der Waals surface area contributed by atoms with Crippen molar-refractivity contribution in [2.24, 2.45) is 5.41 Å². The molecule has 1 aromatic carbocycles. The lowest BCUT2D eigenvalue weighted by Crippen LogP contribution is -2.29. The number of halogens is 1. The van der Waals surface area contributed by atoms with E-state index >= 15 is 0 Å². The van der Waals surface area contributed by atoms with E-state index in [1.807, 2.05) is 0 Å². The molecule has 0 bridgehead atoms. The van der Waals surface area contributed by atoms with Gasteiger partial charge in [0.05, 0.1) is 0 Å². The number of rotatable bonds is 7. The molecule has 0 fully saturated rings. The fraction of sp³-hybridized carbons (Fsp3) is 0.625. The standard InChI is InChI=1S/C16H26ClN/c1-13-6-7-14(2)15(10-13)11-18-12-16(3,4)8-5-9-17/h6-7,10,18H,5,8-9,11-12H2,1-4H3. The maximum absolute atomic E-state index is 5.76. The van der Waals surface area contributed by atoms with Crippen LogP contribution in [0.4, 0.5) is 0 Å². The minimum absolute atomic E-state index is 0.326. The van der Waals surface area contributed by atoms with E-state index in [0.29, 0.717) is 5.41 Å². The Bertz CT molecular complexity index is 371. The van der Waals surface area contributed by atoms with Gasteiger partial charge >= 0.3 is 0 Å². The van der Waals surface area contributed by atoms with Crippen LogP contribution >= 0.6 is 11.6 Å². The maximum Gasteiger partial charge on any atom is 0.0223 e. The molecule has 0 heterocycles. The molecule has 1 rings (SSSR count). The Hall–Kier alpha value is -0.530. The van der Waals surface area contributed by atoms with Crippen LogP contribution in [0.2, 0.25) is 0 Å². The van der Waals surface area contributed by atoms with E-state index in [1.165, 1.54) is 23.1 Å². The number of hydrogen-bond acceptors (Lipinski definition) is 1. The third-order valence-corrected chi connectivity index (χ3v) is 3.68. The molecule has 0 aromatic heterocycles. The molecule has 18 heavy (non-hydrogen) atoms. The zero-order valence-electron chi connectivity index (χ0n) is 12.1. The SMILES string of the molecule is Cc1ccc(C)c(CNCC(C)(C)CCCCl)c1. The van der Waals surface area contributed by atoms with Gasteiger partial charge in [-0.3, -0.25) is 0 Å². The van der Waals surface area contributed by atoms with Gasteiger partial charge < -0.3 is 5.32 Å². The first kappa shape index (κ1) is 15.5. The Kier molecular flexibility index (Phi) is 6.17. The Morgan fingerprint density at radius 2 is 1.94 bits per heavy atom. The van der Waals surface area contributed by atoms with Crippen molar-refractivity contribution in [1.29, 1.82) is 0 Å². The van der Waals surface area contributed by atoms with Crippen molar-refractivity contribution in [3.8, 4) is 0 Å². The average Bonchev–Trinajstić information content (AvgIpc) is 2.31. The second kappa shape index (κ2) is 7.16. The topological polar surface area (TPSA) is 12.0 Å². The molecule has 1 aromatic rings. The molecular formula is C16H26ClN. The third kappa shape index (κ3) is 5.41. The normalized spacial score (nSPS) is 11.8. The molecule has 102 valence electrons. The molecular weight excluding hydrogens is 242 g/mol. The summed E-state index contributed by atoms with van der Waals surface area (Å²) in [5, 5.41) is 3.58. The number of benzene rings is 1. The Morgan fingerprint density at radius 3 is 2.61 bits per heavy atom. The number of hydrogen-bond donors (Lipinski definition) is 1. The van der Waals surface area contributed by atoms with Crippen molar-refractivity contribution in [3.05, 3.63) is 34.9 Å². The molecule has 0 aliphatic heterocycles. The van der Waals surface area contributed by atoms with E-state index in [0.717, 1.165) is 25.4 Å². The zero-order valence-corrected chi connectivity index (χ0v) is 12.9. The Balaban J connectivity index is 2.43. The smallest absolute Gasteiger partial charge is 0.0223 e. The number of aryl methyl sites for hydroxylation is 2. The molecule has 0 amide bonds. The van der Waals surface area contributed by atoms with Crippen molar-refractivity contribution >= 4 is 11.6 Å². The summed E-state index contributed by atoms with van der Waals surface area (Å²) >= 11 is 5.76. The minimum atomic E-state index is 0.326. The van der Waals surface area contributed by atoms with E-state index in [-0.39, 0.29) is 0 Å². The summed E-state index contributed by atoms with van der Waals surface area (Å²) in [6.07, 6.45) is 2.27. The molecule has 0 atom stereocenters. The summed E-state index contributed by atoms with van der Waals surface area (Å²) in [6.45, 7) is 10.9. The summed E-state index contributed by atoms with van der Waals surface area (Å²) < 4.78 is 0. The average molecular weight is 268 g/mol. The van der Waals surface area contributed by atoms with Crippen molar-refractivity contribution in [2.45, 2.75) is 47.1 Å². The second-order valence-corrected chi connectivity index (χ2v) is 6.37. The van der Waals surface area contributed by atoms with Crippen molar-refractivity contribution in [3.63, 3.8) is 0 Å². The molecule has 0 aliphatic carbocycles. The van der Waals surface area contributed by atoms with Gasteiger partial charge in [0.2, 0.25) is 0 Å². The van der Waals surface area contributed by atoms with Crippen LogP contribution in [-0.4, -0.2) is 12.4 Å². The first-order valence-corrected chi connectivity index (χ1v) is 7.31. The van der Waals surface area contributed by atoms with Gasteiger partial charge in [0.25, 0.3) is 0 Å². The Morgan fingerprint density at radius 1 is 1.22 bits per heavy atom. The van der Waals surface area contributed by atoms with Crippen LogP contribution in [0.5, 0.6) is 0 Å². The first-order chi connectivity index (χ1) is 8.44. The predicted molar refractivity (Wildman–Crippen MR) is 81.4 cm³/mol. The predicted octanol–water partition coefficient (Wildman–Crippen LogP) is 4.44. The van der Waals surface area contributed by atoms with Crippen molar-refractivity contribution in [2.75, 3.05) is 12.4 Å². The highest BCUT2D eigenvalue weighted by Gasteiger charge is 2.16. The van der Waals surface area contributed by atoms with E-state index in [4.69, 9.17) is 11.6 Å². The molecule has 0 saturated heterocycles. The van der Waals surface area contributed by atoms with Crippen LogP contribution in [0.3, 0.4) is 0 Å². The lowest BCUT2D eigenvalue weighted by Gasteiger charge is -2.25. The highest BCUT2D eigenvalue weighted by molar-refractivity contribution is 6.17. The van der Waals surface area contributed by atoms with Crippen molar-refractivity contribution in [1.82, 2.24) is 5.32 Å². The molecule has 0 spiro atoms. The van der Waals surface area contributed by atoms with E-state index in [1.54, 1.807) is 0 Å². The highest BCUT2D eigenvalue weighted by atomic mass is 35.5. The van der Waals surface area contributed by atoms with Crippen LogP contribution in [0.15, 0.2) is 18.2 Å². The van der Waals surface area contributed by atoms with Gasteiger partial charge in [-0.2, -0.15) is 0 Å². The van der Waals surface area contributed by atoms with E-state index in [9.17, 15) is 0 Å². The van der Waals surface area contributed by atoms with Crippen LogP contribution in [0.1, 0.15) is 43.4 Å². The molecule has 1 N–H and O–H groups in total. The van der Waals surface area contributed by atoms with Crippen LogP contribution < -0.4 is 5.32 Å². The summed E-state index contributed by atoms with van der Waals surface area (Å²) in [7, 11) is 0. The summed E-state index contributed by atoms with van der Waals surface area (Å²) in [4.78, 5) is 0. The molecule has 1 nitrogen and oxygen atoms in total. The maximum atomic E-state index is 5.76.